The van der Waals surface area contributed by atoms with Crippen LogP contribution in [0.25, 0.3) is 0 Å². The summed E-state index contributed by atoms with van der Waals surface area (Å²) in [6, 6.07) is 21.4. The molecule has 5 rings (SSSR count). The number of aryl methyl sites for hydroxylation is 1. The molecule has 0 radical (unpaired) electrons. The molecule has 0 spiro atoms. The lowest BCUT2D eigenvalue weighted by atomic mass is 9.98. The van der Waals surface area contributed by atoms with Crippen molar-refractivity contribution in [2.75, 3.05) is 4.90 Å². The Labute approximate surface area is 280 Å². The number of para-hydroxylation sites is 1. The third-order valence-corrected chi connectivity index (χ3v) is 8.30. The van der Waals surface area contributed by atoms with Gasteiger partial charge in [0.05, 0.1) is 12.5 Å². The number of carbonyl (C=O) groups is 4. The topological polar surface area (TPSA) is 144 Å². The van der Waals surface area contributed by atoms with Gasteiger partial charge in [0.2, 0.25) is 17.6 Å². The van der Waals surface area contributed by atoms with Crippen LogP contribution in [0.15, 0.2) is 83.3 Å². The van der Waals surface area contributed by atoms with Crippen molar-refractivity contribution in [3.8, 4) is 0 Å². The van der Waals surface area contributed by atoms with E-state index in [4.69, 9.17) is 9.15 Å². The molecule has 1 aromatic heterocycles. The van der Waals surface area contributed by atoms with Gasteiger partial charge >= 0.3 is 6.09 Å². The second-order valence-electron chi connectivity index (χ2n) is 12.7. The van der Waals surface area contributed by atoms with Crippen molar-refractivity contribution in [2.24, 2.45) is 11.8 Å². The Hall–Kier alpha value is -5.32. The molecule has 0 fully saturated rings. The number of anilines is 1. The molecule has 1 aliphatic heterocycles. The molecule has 0 saturated carbocycles. The van der Waals surface area contributed by atoms with E-state index in [0.717, 1.165) is 22.3 Å². The van der Waals surface area contributed by atoms with Crippen LogP contribution in [-0.4, -0.2) is 52.0 Å². The molecule has 0 saturated heterocycles. The van der Waals surface area contributed by atoms with Crippen molar-refractivity contribution < 1.29 is 28.3 Å². The fraction of sp³-hybridized carbons (Fsp3) is 0.351. The number of carbonyl (C=O) groups excluding carboxylic acids is 4. The third kappa shape index (κ3) is 7.96. The molecular weight excluding hydrogens is 610 g/mol. The molecule has 0 bridgehead atoms. The number of hydrogen-bond acceptors (Lipinski definition) is 8. The summed E-state index contributed by atoms with van der Waals surface area (Å²) in [4.78, 5) is 56.1. The van der Waals surface area contributed by atoms with Gasteiger partial charge in [-0.25, -0.2) is 4.79 Å². The average Bonchev–Trinajstić information content (AvgIpc) is 3.70. The molecule has 11 nitrogen and oxygen atoms in total. The maximum atomic E-state index is 14.2. The van der Waals surface area contributed by atoms with Crippen LogP contribution >= 0.6 is 0 Å². The van der Waals surface area contributed by atoms with Gasteiger partial charge in [0, 0.05) is 12.1 Å². The second-order valence-corrected chi connectivity index (χ2v) is 12.7. The van der Waals surface area contributed by atoms with Gasteiger partial charge in [-0.1, -0.05) is 106 Å². The lowest BCUT2D eigenvalue weighted by molar-refractivity contribution is -0.127. The monoisotopic (exact) mass is 651 g/mol. The Morgan fingerprint density at radius 3 is 2.25 bits per heavy atom. The summed E-state index contributed by atoms with van der Waals surface area (Å²) >= 11 is 0. The SMILES string of the molecule is Cc1cccc(Cc2nnc(C(=O)[C@@H](NC(=O)C3Cc4ccccc4N3C(=O)[C@@H](NC(=O)OCc3ccccc3)C(C)C)C(C)C)o2)c1. The number of rotatable bonds is 12. The fourth-order valence-corrected chi connectivity index (χ4v) is 5.76. The van der Waals surface area contributed by atoms with Crippen LogP contribution in [0.1, 0.15) is 66.5 Å². The smallest absolute Gasteiger partial charge is 0.408 e. The molecule has 3 aromatic carbocycles. The van der Waals surface area contributed by atoms with Crippen molar-refractivity contribution in [3.63, 3.8) is 0 Å². The zero-order chi connectivity index (χ0) is 34.4. The maximum absolute atomic E-state index is 14.2. The molecule has 3 atom stereocenters. The van der Waals surface area contributed by atoms with E-state index in [0.29, 0.717) is 12.1 Å². The minimum atomic E-state index is -0.989. The Bertz CT molecular complexity index is 1770. The Kier molecular flexibility index (Phi) is 10.7. The van der Waals surface area contributed by atoms with Crippen molar-refractivity contribution in [3.05, 3.63) is 113 Å². The molecule has 0 aliphatic carbocycles. The number of hydrogen-bond donors (Lipinski definition) is 2. The van der Waals surface area contributed by atoms with Crippen LogP contribution in [0, 0.1) is 18.8 Å². The average molecular weight is 652 g/mol. The number of Topliss-reactive ketones (excluding diaryl/α,β-unsaturated/α-hetero) is 1. The van der Waals surface area contributed by atoms with E-state index >= 15 is 0 Å². The van der Waals surface area contributed by atoms with Gasteiger partial charge in [-0.05, 0) is 41.5 Å². The highest BCUT2D eigenvalue weighted by atomic mass is 16.5. The Balaban J connectivity index is 1.32. The van der Waals surface area contributed by atoms with Gasteiger partial charge in [-0.2, -0.15) is 0 Å². The summed E-state index contributed by atoms with van der Waals surface area (Å²) in [5.74, 6) is -2.05. The van der Waals surface area contributed by atoms with Crippen molar-refractivity contribution >= 4 is 29.4 Å². The molecule has 2 heterocycles. The number of amides is 3. The number of nitrogens with zero attached hydrogens (tertiary/aromatic N) is 3. The van der Waals surface area contributed by atoms with Gasteiger partial charge in [0.15, 0.2) is 0 Å². The third-order valence-electron chi connectivity index (χ3n) is 8.30. The number of aromatic nitrogens is 2. The van der Waals surface area contributed by atoms with Crippen LogP contribution in [-0.2, 0) is 33.8 Å². The van der Waals surface area contributed by atoms with Crippen LogP contribution < -0.4 is 15.5 Å². The zero-order valence-corrected chi connectivity index (χ0v) is 27.8. The van der Waals surface area contributed by atoms with E-state index in [2.05, 4.69) is 20.8 Å². The lowest BCUT2D eigenvalue weighted by Crippen LogP contribution is -2.58. The summed E-state index contributed by atoms with van der Waals surface area (Å²) in [6.07, 6.45) is -0.147. The summed E-state index contributed by atoms with van der Waals surface area (Å²) in [6.45, 7) is 9.25. The predicted octanol–water partition coefficient (Wildman–Crippen LogP) is 5.20. The molecule has 48 heavy (non-hydrogen) atoms. The number of alkyl carbamates (subject to hydrolysis) is 1. The molecule has 3 amide bonds. The number of ketones is 1. The molecule has 4 aromatic rings. The first-order chi connectivity index (χ1) is 23.0. The van der Waals surface area contributed by atoms with Crippen molar-refractivity contribution in [1.29, 1.82) is 0 Å². The summed E-state index contributed by atoms with van der Waals surface area (Å²) in [5, 5.41) is 13.6. The summed E-state index contributed by atoms with van der Waals surface area (Å²) < 4.78 is 11.1. The van der Waals surface area contributed by atoms with Crippen molar-refractivity contribution in [1.82, 2.24) is 20.8 Å². The minimum Gasteiger partial charge on any atom is -0.445 e. The number of ether oxygens (including phenoxy) is 1. The van der Waals surface area contributed by atoms with Gasteiger partial charge in [0.25, 0.3) is 11.8 Å². The first kappa shape index (κ1) is 34.0. The predicted molar refractivity (Wildman–Crippen MR) is 179 cm³/mol. The molecule has 250 valence electrons. The van der Waals surface area contributed by atoms with Gasteiger partial charge in [-0.3, -0.25) is 19.3 Å². The molecule has 1 unspecified atom stereocenters. The first-order valence-electron chi connectivity index (χ1n) is 16.1. The molecule has 11 heteroatoms. The van der Waals surface area contributed by atoms with Crippen LogP contribution in [0.5, 0.6) is 0 Å². The van der Waals surface area contributed by atoms with E-state index in [1.807, 2.05) is 87.5 Å². The second kappa shape index (κ2) is 15.1. The standard InChI is InChI=1S/C37H41N5O6/c1-22(2)31(33(43)35-41-40-30(48-35)19-26-15-11-12-24(5)18-26)38-34(44)29-20-27-16-9-10-17-28(27)42(29)36(45)32(23(3)4)39-37(46)47-21-25-13-7-6-8-14-25/h6-18,22-23,29,31-32H,19-21H2,1-5H3,(H,38,44)(H,39,46)/t29?,31-,32-/m0/s1. The quantitative estimate of drug-likeness (QED) is 0.199. The van der Waals surface area contributed by atoms with Crippen LogP contribution in [0.2, 0.25) is 0 Å². The van der Waals surface area contributed by atoms with E-state index in [1.165, 1.54) is 4.90 Å². The lowest BCUT2D eigenvalue weighted by Gasteiger charge is -2.32. The zero-order valence-electron chi connectivity index (χ0n) is 27.8. The number of fused-ring (bicyclic) bond motifs is 1. The highest BCUT2D eigenvalue weighted by molar-refractivity contribution is 6.07. The van der Waals surface area contributed by atoms with E-state index in [1.54, 1.807) is 26.0 Å². The highest BCUT2D eigenvalue weighted by Crippen LogP contribution is 2.33. The maximum Gasteiger partial charge on any atom is 0.408 e. The van der Waals surface area contributed by atoms with E-state index in [9.17, 15) is 19.2 Å². The van der Waals surface area contributed by atoms with Gasteiger partial charge in [0.1, 0.15) is 18.7 Å². The van der Waals surface area contributed by atoms with E-state index in [-0.39, 0.29) is 36.6 Å². The Morgan fingerprint density at radius 1 is 0.854 bits per heavy atom. The Morgan fingerprint density at radius 2 is 1.54 bits per heavy atom. The van der Waals surface area contributed by atoms with E-state index < -0.39 is 41.8 Å². The summed E-state index contributed by atoms with van der Waals surface area (Å²) in [7, 11) is 0. The first-order valence-corrected chi connectivity index (χ1v) is 16.1. The highest BCUT2D eigenvalue weighted by Gasteiger charge is 2.43. The van der Waals surface area contributed by atoms with Gasteiger partial charge < -0.3 is 19.8 Å². The fourth-order valence-electron chi connectivity index (χ4n) is 5.76. The number of benzene rings is 3. The van der Waals surface area contributed by atoms with Crippen molar-refractivity contribution in [2.45, 2.75) is 72.2 Å². The summed E-state index contributed by atoms with van der Waals surface area (Å²) in [5.41, 5.74) is 4.23. The minimum absolute atomic E-state index is 0.0430. The van der Waals surface area contributed by atoms with Gasteiger partial charge in [-0.15, -0.1) is 10.2 Å². The van der Waals surface area contributed by atoms with Crippen LogP contribution in [0.4, 0.5) is 10.5 Å². The molecule has 1 aliphatic rings. The molecule has 2 N–H and O–H groups in total. The largest absolute Gasteiger partial charge is 0.445 e. The molecular formula is C37H41N5O6. The normalized spacial score (nSPS) is 15.1. The van der Waals surface area contributed by atoms with Crippen LogP contribution in [0.3, 0.4) is 0 Å². The number of nitrogens with one attached hydrogen (secondary N) is 2.